The van der Waals surface area contributed by atoms with Crippen LogP contribution in [0.2, 0.25) is 0 Å². The first-order valence-corrected chi connectivity index (χ1v) is 7.29. The van der Waals surface area contributed by atoms with Crippen molar-refractivity contribution in [3.63, 3.8) is 0 Å². The average molecular weight is 284 g/mol. The van der Waals surface area contributed by atoms with Crippen molar-refractivity contribution in [1.29, 1.82) is 0 Å². The quantitative estimate of drug-likeness (QED) is 0.812. The van der Waals surface area contributed by atoms with Gasteiger partial charge in [0.05, 0.1) is 6.04 Å². The molecule has 0 fully saturated rings. The van der Waals surface area contributed by atoms with E-state index in [0.29, 0.717) is 5.11 Å². The lowest BCUT2D eigenvalue weighted by atomic mass is 10.1. The number of nitrogens with one attached hydrogen (secondary N) is 2. The molecule has 0 amide bonds. The average Bonchev–Trinajstić information content (AvgIpc) is 2.45. The Balaban J connectivity index is 2.00. The fraction of sp³-hybridized carbons (Fsp3) is 0.235. The van der Waals surface area contributed by atoms with Gasteiger partial charge in [0, 0.05) is 5.69 Å². The molecule has 0 saturated heterocycles. The molecule has 0 spiro atoms. The molecule has 0 radical (unpaired) electrons. The molecule has 2 aromatic carbocycles. The van der Waals surface area contributed by atoms with E-state index in [2.05, 4.69) is 60.9 Å². The van der Waals surface area contributed by atoms with Gasteiger partial charge in [0.25, 0.3) is 0 Å². The predicted octanol–water partition coefficient (Wildman–Crippen LogP) is 4.43. The highest BCUT2D eigenvalue weighted by atomic mass is 32.1. The van der Waals surface area contributed by atoms with Crippen LogP contribution >= 0.6 is 12.2 Å². The van der Waals surface area contributed by atoms with Crippen LogP contribution < -0.4 is 10.6 Å². The summed E-state index contributed by atoms with van der Waals surface area (Å²) in [5, 5.41) is 7.27. The van der Waals surface area contributed by atoms with E-state index in [1.165, 1.54) is 11.1 Å². The Morgan fingerprint density at radius 2 is 1.85 bits per heavy atom. The van der Waals surface area contributed by atoms with Gasteiger partial charge in [-0.2, -0.15) is 0 Å². The topological polar surface area (TPSA) is 24.1 Å². The Morgan fingerprint density at radius 1 is 1.10 bits per heavy atom. The van der Waals surface area contributed by atoms with E-state index in [1.807, 2.05) is 18.2 Å². The van der Waals surface area contributed by atoms with Gasteiger partial charge in [0.2, 0.25) is 0 Å². The van der Waals surface area contributed by atoms with Crippen molar-refractivity contribution < 1.29 is 0 Å². The van der Waals surface area contributed by atoms with Crippen LogP contribution in [0.15, 0.2) is 54.6 Å². The largest absolute Gasteiger partial charge is 0.356 e. The van der Waals surface area contributed by atoms with E-state index >= 15 is 0 Å². The van der Waals surface area contributed by atoms with Crippen LogP contribution in [-0.4, -0.2) is 5.11 Å². The van der Waals surface area contributed by atoms with E-state index < -0.39 is 0 Å². The Hall–Kier alpha value is -1.87. The number of anilines is 1. The van der Waals surface area contributed by atoms with Gasteiger partial charge in [0.1, 0.15) is 0 Å². The van der Waals surface area contributed by atoms with Crippen molar-refractivity contribution in [2.75, 3.05) is 5.32 Å². The summed E-state index contributed by atoms with van der Waals surface area (Å²) in [6.45, 7) is 4.22. The molecule has 0 saturated carbocycles. The minimum Gasteiger partial charge on any atom is -0.356 e. The lowest BCUT2D eigenvalue weighted by Gasteiger charge is -2.20. The molecular weight excluding hydrogens is 264 g/mol. The fourth-order valence-electron chi connectivity index (χ4n) is 2.15. The van der Waals surface area contributed by atoms with Crippen LogP contribution in [-0.2, 0) is 0 Å². The van der Waals surface area contributed by atoms with Crippen molar-refractivity contribution in [2.45, 2.75) is 26.3 Å². The third-order valence-electron chi connectivity index (χ3n) is 3.19. The third kappa shape index (κ3) is 4.07. The summed E-state index contributed by atoms with van der Waals surface area (Å²) < 4.78 is 0. The predicted molar refractivity (Wildman–Crippen MR) is 90.0 cm³/mol. The highest BCUT2D eigenvalue weighted by Crippen LogP contribution is 2.16. The maximum atomic E-state index is 5.40. The van der Waals surface area contributed by atoms with Crippen molar-refractivity contribution in [2.24, 2.45) is 0 Å². The smallest absolute Gasteiger partial charge is 0.171 e. The molecule has 104 valence electrons. The summed E-state index contributed by atoms with van der Waals surface area (Å²) in [7, 11) is 0. The van der Waals surface area contributed by atoms with Crippen LogP contribution in [0.4, 0.5) is 5.69 Å². The van der Waals surface area contributed by atoms with Gasteiger partial charge in [-0.05, 0) is 48.8 Å². The zero-order chi connectivity index (χ0) is 14.4. The highest BCUT2D eigenvalue weighted by molar-refractivity contribution is 7.80. The van der Waals surface area contributed by atoms with E-state index in [9.17, 15) is 0 Å². The standard InChI is InChI=1S/C17H20N2S/c1-3-16(14-9-5-4-6-10-14)19-17(20)18-15-11-7-8-13(2)12-15/h4-12,16H,3H2,1-2H3,(H2,18,19,20)/t16-/m0/s1. The van der Waals surface area contributed by atoms with E-state index in [0.717, 1.165) is 12.1 Å². The minimum atomic E-state index is 0.237. The Bertz CT molecular complexity index is 566. The number of rotatable bonds is 4. The molecule has 3 heteroatoms. The van der Waals surface area contributed by atoms with E-state index in [4.69, 9.17) is 12.2 Å². The van der Waals surface area contributed by atoms with Crippen LogP contribution in [0.3, 0.4) is 0 Å². The van der Waals surface area contributed by atoms with E-state index in [-0.39, 0.29) is 6.04 Å². The van der Waals surface area contributed by atoms with Crippen molar-refractivity contribution in [1.82, 2.24) is 5.32 Å². The summed E-state index contributed by atoms with van der Waals surface area (Å²) in [6.07, 6.45) is 0.986. The number of hydrogen-bond acceptors (Lipinski definition) is 1. The summed E-state index contributed by atoms with van der Waals surface area (Å²) in [6, 6.07) is 18.8. The molecule has 0 unspecified atom stereocenters. The van der Waals surface area contributed by atoms with Crippen LogP contribution in [0.5, 0.6) is 0 Å². The molecule has 2 nitrogen and oxygen atoms in total. The summed E-state index contributed by atoms with van der Waals surface area (Å²) >= 11 is 5.40. The molecule has 2 N–H and O–H groups in total. The van der Waals surface area contributed by atoms with Gasteiger partial charge in [-0.1, -0.05) is 49.4 Å². The van der Waals surface area contributed by atoms with Gasteiger partial charge < -0.3 is 10.6 Å². The Labute approximate surface area is 126 Å². The third-order valence-corrected chi connectivity index (χ3v) is 3.41. The molecule has 0 heterocycles. The first-order valence-electron chi connectivity index (χ1n) is 6.88. The van der Waals surface area contributed by atoms with Gasteiger partial charge in [-0.15, -0.1) is 0 Å². The summed E-state index contributed by atoms with van der Waals surface area (Å²) in [4.78, 5) is 0. The van der Waals surface area contributed by atoms with Crippen molar-refractivity contribution in [3.8, 4) is 0 Å². The molecule has 0 aliphatic heterocycles. The van der Waals surface area contributed by atoms with Gasteiger partial charge in [-0.25, -0.2) is 0 Å². The van der Waals surface area contributed by atoms with Crippen LogP contribution in [0, 0.1) is 6.92 Å². The van der Waals surface area contributed by atoms with Crippen LogP contribution in [0.25, 0.3) is 0 Å². The first-order chi connectivity index (χ1) is 9.69. The van der Waals surface area contributed by atoms with Gasteiger partial charge in [0.15, 0.2) is 5.11 Å². The molecule has 0 bridgehead atoms. The molecule has 0 aliphatic rings. The normalized spacial score (nSPS) is 11.7. The maximum absolute atomic E-state index is 5.40. The maximum Gasteiger partial charge on any atom is 0.171 e. The van der Waals surface area contributed by atoms with Crippen molar-refractivity contribution >= 4 is 23.0 Å². The fourth-order valence-corrected chi connectivity index (χ4v) is 2.41. The van der Waals surface area contributed by atoms with Crippen LogP contribution in [0.1, 0.15) is 30.5 Å². The zero-order valence-electron chi connectivity index (χ0n) is 11.9. The highest BCUT2D eigenvalue weighted by Gasteiger charge is 2.09. The molecule has 2 rings (SSSR count). The van der Waals surface area contributed by atoms with Gasteiger partial charge in [-0.3, -0.25) is 0 Å². The second-order valence-corrected chi connectivity index (χ2v) is 5.25. The monoisotopic (exact) mass is 284 g/mol. The first kappa shape index (κ1) is 14.5. The second-order valence-electron chi connectivity index (χ2n) is 4.84. The second kappa shape index (κ2) is 7.06. The van der Waals surface area contributed by atoms with Crippen molar-refractivity contribution in [3.05, 3.63) is 65.7 Å². The molecule has 2 aromatic rings. The van der Waals surface area contributed by atoms with Gasteiger partial charge >= 0.3 is 0 Å². The zero-order valence-corrected chi connectivity index (χ0v) is 12.7. The summed E-state index contributed by atoms with van der Waals surface area (Å²) in [5.74, 6) is 0. The number of hydrogen-bond donors (Lipinski definition) is 2. The lowest BCUT2D eigenvalue weighted by Crippen LogP contribution is -2.32. The molecule has 0 aliphatic carbocycles. The molecule has 1 atom stereocenters. The molecule has 0 aromatic heterocycles. The number of benzene rings is 2. The Morgan fingerprint density at radius 3 is 2.50 bits per heavy atom. The minimum absolute atomic E-state index is 0.237. The molecule has 20 heavy (non-hydrogen) atoms. The molecular formula is C17H20N2S. The number of thiocarbonyl (C=S) groups is 1. The Kier molecular flexibility index (Phi) is 5.13. The number of aryl methyl sites for hydroxylation is 1. The lowest BCUT2D eigenvalue weighted by molar-refractivity contribution is 0.629. The van der Waals surface area contributed by atoms with E-state index in [1.54, 1.807) is 0 Å². The SMILES string of the molecule is CC[C@H](NC(=S)Nc1cccc(C)c1)c1ccccc1. The summed E-state index contributed by atoms with van der Waals surface area (Å²) in [5.41, 5.74) is 3.49.